The molecule has 0 aliphatic heterocycles. The molecule has 0 atom stereocenters. The lowest BCUT2D eigenvalue weighted by atomic mass is 10.1. The summed E-state index contributed by atoms with van der Waals surface area (Å²) in [4.78, 5) is 12.2. The van der Waals surface area contributed by atoms with Crippen molar-refractivity contribution in [3.8, 4) is 17.6 Å². The third kappa shape index (κ3) is 6.17. The van der Waals surface area contributed by atoms with Crippen LogP contribution >= 0.6 is 15.9 Å². The van der Waals surface area contributed by atoms with Crippen LogP contribution in [-0.4, -0.2) is 18.7 Å². The van der Waals surface area contributed by atoms with Crippen LogP contribution in [0, 0.1) is 11.3 Å². The van der Waals surface area contributed by atoms with Crippen LogP contribution in [0.3, 0.4) is 0 Å². The van der Waals surface area contributed by atoms with E-state index in [1.54, 1.807) is 48.7 Å². The lowest BCUT2D eigenvalue weighted by molar-refractivity contribution is 0.0954. The predicted molar refractivity (Wildman–Crippen MR) is 122 cm³/mol. The Balaban J connectivity index is 1.66. The molecule has 7 heteroatoms. The van der Waals surface area contributed by atoms with Gasteiger partial charge in [-0.15, -0.1) is 0 Å². The summed E-state index contributed by atoms with van der Waals surface area (Å²) >= 11 is 3.35. The molecule has 156 valence electrons. The number of nitrogens with one attached hydrogen (secondary N) is 1. The normalized spacial score (nSPS) is 10.5. The molecule has 3 rings (SSSR count). The summed E-state index contributed by atoms with van der Waals surface area (Å²) in [5, 5.41) is 12.9. The van der Waals surface area contributed by atoms with Crippen molar-refractivity contribution in [3.05, 3.63) is 93.5 Å². The van der Waals surface area contributed by atoms with Gasteiger partial charge in [0.2, 0.25) is 0 Å². The highest BCUT2D eigenvalue weighted by Gasteiger charge is 2.09. The molecule has 0 radical (unpaired) electrons. The van der Waals surface area contributed by atoms with Crippen LogP contribution in [0.1, 0.15) is 34.0 Å². The van der Waals surface area contributed by atoms with Crippen molar-refractivity contribution in [1.82, 2.24) is 5.43 Å². The highest BCUT2D eigenvalue weighted by atomic mass is 79.9. The number of nitriles is 1. The monoisotopic (exact) mass is 477 g/mol. The number of halogens is 1. The number of benzene rings is 3. The van der Waals surface area contributed by atoms with Crippen molar-refractivity contribution in [1.29, 1.82) is 5.26 Å². The van der Waals surface area contributed by atoms with Crippen LogP contribution in [0.5, 0.6) is 11.5 Å². The van der Waals surface area contributed by atoms with Gasteiger partial charge in [-0.2, -0.15) is 10.4 Å². The molecule has 0 aliphatic rings. The number of carbonyl (C=O) groups excluding carboxylic acids is 1. The maximum absolute atomic E-state index is 12.2. The highest BCUT2D eigenvalue weighted by Crippen LogP contribution is 2.29. The van der Waals surface area contributed by atoms with Crippen molar-refractivity contribution in [2.24, 2.45) is 5.10 Å². The van der Waals surface area contributed by atoms with E-state index in [4.69, 9.17) is 14.7 Å². The van der Waals surface area contributed by atoms with Gasteiger partial charge in [0.05, 0.1) is 30.0 Å². The molecule has 1 N–H and O–H groups in total. The largest absolute Gasteiger partial charge is 0.490 e. The third-order valence-corrected chi connectivity index (χ3v) is 4.93. The van der Waals surface area contributed by atoms with Crippen molar-refractivity contribution < 1.29 is 14.3 Å². The summed E-state index contributed by atoms with van der Waals surface area (Å²) in [6, 6.07) is 21.9. The van der Waals surface area contributed by atoms with E-state index in [1.165, 1.54) is 0 Å². The van der Waals surface area contributed by atoms with Crippen LogP contribution in [0.2, 0.25) is 0 Å². The molecule has 0 heterocycles. The molecule has 3 aromatic rings. The van der Waals surface area contributed by atoms with Gasteiger partial charge in [-0.3, -0.25) is 4.79 Å². The standard InChI is InChI=1S/C24H20BrN3O3/c1-2-30-23-13-19(15-27-28-24(29)20-5-3-4-6-21(20)25)11-12-22(23)31-16-18-9-7-17(14-26)8-10-18/h3-13,15H,2,16H2,1H3,(H,28,29)/b27-15+. The second-order valence-corrected chi connectivity index (χ2v) is 7.27. The van der Waals surface area contributed by atoms with Crippen LogP contribution in [0.15, 0.2) is 76.3 Å². The van der Waals surface area contributed by atoms with Crippen molar-refractivity contribution in [2.75, 3.05) is 6.61 Å². The van der Waals surface area contributed by atoms with E-state index in [1.807, 2.05) is 31.2 Å². The fourth-order valence-corrected chi connectivity index (χ4v) is 3.16. The molecule has 0 aromatic heterocycles. The highest BCUT2D eigenvalue weighted by molar-refractivity contribution is 9.10. The first kappa shape index (κ1) is 22.1. The van der Waals surface area contributed by atoms with E-state index in [2.05, 4.69) is 32.5 Å². The smallest absolute Gasteiger partial charge is 0.272 e. The zero-order valence-corrected chi connectivity index (χ0v) is 18.4. The second kappa shape index (κ2) is 11.0. The predicted octanol–water partition coefficient (Wildman–Crippen LogP) is 5.06. The van der Waals surface area contributed by atoms with Gasteiger partial charge in [0.15, 0.2) is 11.5 Å². The first-order chi connectivity index (χ1) is 15.1. The van der Waals surface area contributed by atoms with Crippen molar-refractivity contribution in [2.45, 2.75) is 13.5 Å². The van der Waals surface area contributed by atoms with E-state index in [0.29, 0.717) is 40.3 Å². The Kier molecular flexibility index (Phi) is 7.79. The van der Waals surface area contributed by atoms with Crippen LogP contribution in [-0.2, 0) is 6.61 Å². The van der Waals surface area contributed by atoms with Gasteiger partial charge >= 0.3 is 0 Å². The van der Waals surface area contributed by atoms with Crippen LogP contribution < -0.4 is 14.9 Å². The topological polar surface area (TPSA) is 83.7 Å². The number of hydrogen-bond acceptors (Lipinski definition) is 5. The number of hydrazone groups is 1. The molecule has 0 fully saturated rings. The molecule has 0 unspecified atom stereocenters. The van der Waals surface area contributed by atoms with Crippen LogP contribution in [0.4, 0.5) is 0 Å². The number of carbonyl (C=O) groups is 1. The fourth-order valence-electron chi connectivity index (χ4n) is 2.70. The number of nitrogens with zero attached hydrogens (tertiary/aromatic N) is 2. The Morgan fingerprint density at radius 3 is 2.58 bits per heavy atom. The Hall–Kier alpha value is -3.63. The summed E-state index contributed by atoms with van der Waals surface area (Å²) in [6.45, 7) is 2.72. The Morgan fingerprint density at radius 1 is 1.10 bits per heavy atom. The lowest BCUT2D eigenvalue weighted by Gasteiger charge is -2.12. The average molecular weight is 478 g/mol. The molecule has 0 saturated heterocycles. The van der Waals surface area contributed by atoms with E-state index >= 15 is 0 Å². The first-order valence-electron chi connectivity index (χ1n) is 9.57. The quantitative estimate of drug-likeness (QED) is 0.362. The van der Waals surface area contributed by atoms with Gasteiger partial charge in [0, 0.05) is 4.47 Å². The number of hydrogen-bond donors (Lipinski definition) is 1. The average Bonchev–Trinajstić information content (AvgIpc) is 2.79. The summed E-state index contributed by atoms with van der Waals surface area (Å²) < 4.78 is 12.3. The third-order valence-electron chi connectivity index (χ3n) is 4.24. The molecule has 6 nitrogen and oxygen atoms in total. The minimum atomic E-state index is -0.309. The molecule has 31 heavy (non-hydrogen) atoms. The zero-order valence-electron chi connectivity index (χ0n) is 16.8. The van der Waals surface area contributed by atoms with Gasteiger partial charge in [0.25, 0.3) is 5.91 Å². The summed E-state index contributed by atoms with van der Waals surface area (Å²) in [5.74, 6) is 0.869. The van der Waals surface area contributed by atoms with Gasteiger partial charge < -0.3 is 9.47 Å². The van der Waals surface area contributed by atoms with Crippen molar-refractivity contribution in [3.63, 3.8) is 0 Å². The van der Waals surface area contributed by atoms with Gasteiger partial charge in [-0.1, -0.05) is 24.3 Å². The van der Waals surface area contributed by atoms with Gasteiger partial charge in [-0.05, 0) is 76.4 Å². The molecular formula is C24H20BrN3O3. The zero-order chi connectivity index (χ0) is 22.1. The van der Waals surface area contributed by atoms with E-state index in [0.717, 1.165) is 11.1 Å². The first-order valence-corrected chi connectivity index (χ1v) is 10.4. The lowest BCUT2D eigenvalue weighted by Crippen LogP contribution is -2.18. The van der Waals surface area contributed by atoms with E-state index in [9.17, 15) is 4.79 Å². The Morgan fingerprint density at radius 2 is 1.87 bits per heavy atom. The Bertz CT molecular complexity index is 1120. The van der Waals surface area contributed by atoms with E-state index < -0.39 is 0 Å². The van der Waals surface area contributed by atoms with E-state index in [-0.39, 0.29) is 5.91 Å². The second-order valence-electron chi connectivity index (χ2n) is 6.42. The molecule has 1 amide bonds. The number of ether oxygens (including phenoxy) is 2. The maximum Gasteiger partial charge on any atom is 0.272 e. The minimum Gasteiger partial charge on any atom is -0.490 e. The number of amides is 1. The van der Waals surface area contributed by atoms with Crippen molar-refractivity contribution >= 4 is 28.1 Å². The van der Waals surface area contributed by atoms with Gasteiger partial charge in [-0.25, -0.2) is 5.43 Å². The molecule has 0 bridgehead atoms. The Labute approximate surface area is 189 Å². The van der Waals surface area contributed by atoms with Gasteiger partial charge in [0.1, 0.15) is 6.61 Å². The SMILES string of the molecule is CCOc1cc(/C=N/NC(=O)c2ccccc2Br)ccc1OCc1ccc(C#N)cc1. The summed E-state index contributed by atoms with van der Waals surface area (Å²) in [6.07, 6.45) is 1.54. The fraction of sp³-hybridized carbons (Fsp3) is 0.125. The molecule has 3 aromatic carbocycles. The maximum atomic E-state index is 12.2. The number of rotatable bonds is 8. The summed E-state index contributed by atoms with van der Waals surface area (Å²) in [7, 11) is 0. The molecule has 0 aliphatic carbocycles. The molecular weight excluding hydrogens is 458 g/mol. The molecule has 0 saturated carbocycles. The molecule has 0 spiro atoms. The summed E-state index contributed by atoms with van der Waals surface area (Å²) in [5.41, 5.74) is 5.32. The van der Waals surface area contributed by atoms with Crippen LogP contribution in [0.25, 0.3) is 0 Å². The minimum absolute atomic E-state index is 0.309.